The average Bonchev–Trinajstić information content (AvgIpc) is 2.32. The molecule has 118 valence electrons. The summed E-state index contributed by atoms with van der Waals surface area (Å²) in [6, 6.07) is 3.44. The molecule has 0 saturated heterocycles. The summed E-state index contributed by atoms with van der Waals surface area (Å²) in [5.74, 6) is -1.15. The number of alkyl halides is 3. The zero-order valence-corrected chi connectivity index (χ0v) is 12.4. The zero-order valence-electron chi connectivity index (χ0n) is 10.8. The number of hydrogen-bond donors (Lipinski definition) is 1. The minimum absolute atomic E-state index is 0.270. The molecular weight excluding hydrogens is 333 g/mol. The fourth-order valence-corrected chi connectivity index (χ4v) is 2.71. The predicted octanol–water partition coefficient (Wildman–Crippen LogP) is 2.01. The largest absolute Gasteiger partial charge is 0.406 e. The fraction of sp³-hybridized carbons (Fsp3) is 0.364. The van der Waals surface area contributed by atoms with Gasteiger partial charge in [0.2, 0.25) is 10.0 Å². The molecule has 1 rings (SSSR count). The number of nitrogens with two attached hydrogens (primary N) is 1. The maximum Gasteiger partial charge on any atom is 0.406 e. The molecule has 21 heavy (non-hydrogen) atoms. The first-order valence-electron chi connectivity index (χ1n) is 5.64. The SMILES string of the molecule is CCN(CC(F)(F)F)C(=O)c1c(Cl)cccc1S(N)(=O)=O. The van der Waals surface area contributed by atoms with Crippen LogP contribution in [0.1, 0.15) is 17.3 Å². The molecule has 0 radical (unpaired) electrons. The van der Waals surface area contributed by atoms with Gasteiger partial charge in [0.05, 0.1) is 15.5 Å². The maximum absolute atomic E-state index is 12.4. The topological polar surface area (TPSA) is 80.5 Å². The van der Waals surface area contributed by atoms with Gasteiger partial charge in [0.1, 0.15) is 6.54 Å². The summed E-state index contributed by atoms with van der Waals surface area (Å²) in [6.07, 6.45) is -4.62. The number of carbonyl (C=O) groups is 1. The molecule has 1 aromatic carbocycles. The van der Waals surface area contributed by atoms with E-state index in [0.29, 0.717) is 4.90 Å². The molecule has 0 aliphatic rings. The summed E-state index contributed by atoms with van der Waals surface area (Å²) >= 11 is 5.75. The number of halogens is 4. The van der Waals surface area contributed by atoms with Crippen LogP contribution in [-0.2, 0) is 10.0 Å². The van der Waals surface area contributed by atoms with Crippen molar-refractivity contribution < 1.29 is 26.4 Å². The summed E-state index contributed by atoms with van der Waals surface area (Å²) < 4.78 is 60.2. The Labute approximate surface area is 124 Å². The van der Waals surface area contributed by atoms with Gasteiger partial charge in [-0.25, -0.2) is 13.6 Å². The molecule has 0 unspecified atom stereocenters. The number of hydrogen-bond acceptors (Lipinski definition) is 3. The molecule has 0 aliphatic carbocycles. The van der Waals surface area contributed by atoms with Crippen LogP contribution >= 0.6 is 11.6 Å². The van der Waals surface area contributed by atoms with E-state index >= 15 is 0 Å². The van der Waals surface area contributed by atoms with Crippen molar-refractivity contribution >= 4 is 27.5 Å². The number of benzene rings is 1. The molecule has 0 atom stereocenters. The third kappa shape index (κ3) is 4.58. The lowest BCUT2D eigenvalue weighted by molar-refractivity contribution is -0.140. The van der Waals surface area contributed by atoms with E-state index in [1.807, 2.05) is 0 Å². The summed E-state index contributed by atoms with van der Waals surface area (Å²) in [6.45, 7) is -0.456. The Kier molecular flexibility index (Phi) is 5.24. The molecule has 5 nitrogen and oxygen atoms in total. The Morgan fingerprint density at radius 1 is 1.38 bits per heavy atom. The van der Waals surface area contributed by atoms with Crippen LogP contribution in [0, 0.1) is 0 Å². The summed E-state index contributed by atoms with van der Waals surface area (Å²) in [7, 11) is -4.30. The Hall–Kier alpha value is -1.32. The van der Waals surface area contributed by atoms with E-state index in [9.17, 15) is 26.4 Å². The number of amides is 1. The second kappa shape index (κ2) is 6.20. The minimum Gasteiger partial charge on any atom is -0.330 e. The Balaban J connectivity index is 3.36. The van der Waals surface area contributed by atoms with Gasteiger partial charge < -0.3 is 4.90 Å². The van der Waals surface area contributed by atoms with E-state index in [4.69, 9.17) is 16.7 Å². The maximum atomic E-state index is 12.4. The lowest BCUT2D eigenvalue weighted by Crippen LogP contribution is -2.39. The number of rotatable bonds is 4. The molecule has 0 saturated carbocycles. The van der Waals surface area contributed by atoms with Gasteiger partial charge in [0.15, 0.2) is 0 Å². The third-order valence-electron chi connectivity index (χ3n) is 2.53. The molecule has 1 aromatic rings. The lowest BCUT2D eigenvalue weighted by Gasteiger charge is -2.23. The van der Waals surface area contributed by atoms with E-state index in [2.05, 4.69) is 0 Å². The predicted molar refractivity (Wildman–Crippen MR) is 70.5 cm³/mol. The molecule has 2 N–H and O–H groups in total. The van der Waals surface area contributed by atoms with Crippen molar-refractivity contribution in [1.29, 1.82) is 0 Å². The van der Waals surface area contributed by atoms with Crippen molar-refractivity contribution in [3.8, 4) is 0 Å². The monoisotopic (exact) mass is 344 g/mol. The molecule has 0 aromatic heterocycles. The molecule has 0 fully saturated rings. The van der Waals surface area contributed by atoms with Crippen LogP contribution < -0.4 is 5.14 Å². The van der Waals surface area contributed by atoms with Crippen molar-refractivity contribution in [3.05, 3.63) is 28.8 Å². The highest BCUT2D eigenvalue weighted by molar-refractivity contribution is 7.89. The van der Waals surface area contributed by atoms with Crippen LogP contribution in [0.25, 0.3) is 0 Å². The molecule has 10 heteroatoms. The summed E-state index contributed by atoms with van der Waals surface area (Å²) in [5.41, 5.74) is -0.562. The highest BCUT2D eigenvalue weighted by Gasteiger charge is 2.34. The number of sulfonamides is 1. The molecule has 0 bridgehead atoms. The van der Waals surface area contributed by atoms with Crippen LogP contribution in [-0.4, -0.2) is 38.5 Å². The Morgan fingerprint density at radius 3 is 2.38 bits per heavy atom. The van der Waals surface area contributed by atoms with Crippen molar-refractivity contribution in [2.75, 3.05) is 13.1 Å². The van der Waals surface area contributed by atoms with Crippen molar-refractivity contribution in [2.24, 2.45) is 5.14 Å². The molecule has 0 spiro atoms. The Morgan fingerprint density at radius 2 is 1.95 bits per heavy atom. The normalized spacial score (nSPS) is 12.3. The first-order valence-corrected chi connectivity index (χ1v) is 7.57. The van der Waals surface area contributed by atoms with Crippen molar-refractivity contribution in [2.45, 2.75) is 18.0 Å². The van der Waals surface area contributed by atoms with Gasteiger partial charge in [-0.1, -0.05) is 17.7 Å². The van der Waals surface area contributed by atoms with Gasteiger partial charge in [0, 0.05) is 6.54 Å². The smallest absolute Gasteiger partial charge is 0.330 e. The van der Waals surface area contributed by atoms with E-state index in [0.717, 1.165) is 6.07 Å². The molecule has 1 amide bonds. The van der Waals surface area contributed by atoms with Crippen LogP contribution in [0.5, 0.6) is 0 Å². The van der Waals surface area contributed by atoms with E-state index in [1.165, 1.54) is 19.1 Å². The molecule has 0 aliphatic heterocycles. The average molecular weight is 345 g/mol. The van der Waals surface area contributed by atoms with Crippen molar-refractivity contribution in [1.82, 2.24) is 4.90 Å². The standard InChI is InChI=1S/C11H12ClF3N2O3S/c1-2-17(6-11(13,14)15)10(18)9-7(12)4-3-5-8(9)21(16,19)20/h3-5H,2,6H2,1H3,(H2,16,19,20). The quantitative estimate of drug-likeness (QED) is 0.907. The fourth-order valence-electron chi connectivity index (χ4n) is 1.65. The van der Waals surface area contributed by atoms with Gasteiger partial charge in [-0.15, -0.1) is 0 Å². The highest BCUT2D eigenvalue weighted by Crippen LogP contribution is 2.26. The van der Waals surface area contributed by atoms with Gasteiger partial charge in [-0.2, -0.15) is 13.2 Å². The van der Waals surface area contributed by atoms with E-state index < -0.39 is 39.1 Å². The highest BCUT2D eigenvalue weighted by atomic mass is 35.5. The first kappa shape index (κ1) is 17.7. The van der Waals surface area contributed by atoms with Gasteiger partial charge in [0.25, 0.3) is 5.91 Å². The first-order chi connectivity index (χ1) is 9.47. The Bertz CT molecular complexity index is 647. The lowest BCUT2D eigenvalue weighted by atomic mass is 10.2. The van der Waals surface area contributed by atoms with Gasteiger partial charge in [-0.3, -0.25) is 4.79 Å². The summed E-state index contributed by atoms with van der Waals surface area (Å²) in [4.78, 5) is 12.0. The third-order valence-corrected chi connectivity index (χ3v) is 3.80. The van der Waals surface area contributed by atoms with E-state index in [-0.39, 0.29) is 11.6 Å². The van der Waals surface area contributed by atoms with Crippen LogP contribution in [0.3, 0.4) is 0 Å². The molecule has 0 heterocycles. The second-order valence-corrected chi connectivity index (χ2v) is 6.03. The number of primary sulfonamides is 1. The second-order valence-electron chi connectivity index (χ2n) is 4.09. The van der Waals surface area contributed by atoms with E-state index in [1.54, 1.807) is 0 Å². The number of nitrogens with zero attached hydrogens (tertiary/aromatic N) is 1. The van der Waals surface area contributed by atoms with Gasteiger partial charge in [-0.05, 0) is 19.1 Å². The van der Waals surface area contributed by atoms with Gasteiger partial charge >= 0.3 is 6.18 Å². The molecular formula is C11H12ClF3N2O3S. The number of carbonyl (C=O) groups excluding carboxylic acids is 1. The van der Waals surface area contributed by atoms with Crippen molar-refractivity contribution in [3.63, 3.8) is 0 Å². The minimum atomic E-state index is -4.62. The van der Waals surface area contributed by atoms with Crippen LogP contribution in [0.15, 0.2) is 23.1 Å². The van der Waals surface area contributed by atoms with Crippen LogP contribution in [0.2, 0.25) is 5.02 Å². The zero-order chi connectivity index (χ0) is 16.4. The van der Waals surface area contributed by atoms with Crippen LogP contribution in [0.4, 0.5) is 13.2 Å². The summed E-state index contributed by atoms with van der Waals surface area (Å²) in [5, 5.41) is 4.67.